The molecule has 2 nitrogen and oxygen atoms in total. The quantitative estimate of drug-likeness (QED) is 0.780. The van der Waals surface area contributed by atoms with Crippen LogP contribution in [-0.4, -0.2) is 11.6 Å². The van der Waals surface area contributed by atoms with Crippen molar-refractivity contribution in [1.29, 1.82) is 0 Å². The van der Waals surface area contributed by atoms with E-state index in [-0.39, 0.29) is 11.6 Å². The van der Waals surface area contributed by atoms with Gasteiger partial charge in [-0.25, -0.2) is 0 Å². The van der Waals surface area contributed by atoms with Crippen molar-refractivity contribution in [2.24, 2.45) is 0 Å². The smallest absolute Gasteiger partial charge is 0.160 e. The minimum atomic E-state index is -0.0631. The van der Waals surface area contributed by atoms with Gasteiger partial charge in [0.1, 0.15) is 0 Å². The summed E-state index contributed by atoms with van der Waals surface area (Å²) in [5, 5.41) is 0. The molecule has 0 saturated carbocycles. The van der Waals surface area contributed by atoms with Crippen LogP contribution < -0.4 is 0 Å². The first-order valence-corrected chi connectivity index (χ1v) is 5.53. The normalized spacial score (nSPS) is 10.0. The predicted octanol–water partition coefficient (Wildman–Crippen LogP) is 3.62. The molecule has 74 valence electrons. The third-order valence-electron chi connectivity index (χ3n) is 1.82. The second-order valence-electron chi connectivity index (χ2n) is 2.92. The van der Waals surface area contributed by atoms with Gasteiger partial charge >= 0.3 is 0 Å². The molecule has 1 rings (SSSR count). The van der Waals surface area contributed by atoms with E-state index in [1.165, 1.54) is 13.8 Å². The third kappa shape index (κ3) is 2.30. The summed E-state index contributed by atoms with van der Waals surface area (Å²) in [6.07, 6.45) is 0. The molecular weight excluding hydrogens is 312 g/mol. The van der Waals surface area contributed by atoms with Crippen molar-refractivity contribution < 1.29 is 9.59 Å². The minimum Gasteiger partial charge on any atom is -0.294 e. The van der Waals surface area contributed by atoms with Crippen LogP contribution in [-0.2, 0) is 0 Å². The Morgan fingerprint density at radius 1 is 0.929 bits per heavy atom. The fraction of sp³-hybridized carbons (Fsp3) is 0.200. The lowest BCUT2D eigenvalue weighted by Gasteiger charge is -2.05. The molecule has 0 unspecified atom stereocenters. The van der Waals surface area contributed by atoms with Crippen molar-refractivity contribution in [1.82, 2.24) is 0 Å². The highest BCUT2D eigenvalue weighted by molar-refractivity contribution is 9.11. The van der Waals surface area contributed by atoms with Crippen molar-refractivity contribution in [3.05, 3.63) is 32.2 Å². The maximum atomic E-state index is 11.2. The Balaban J connectivity index is 3.42. The second-order valence-corrected chi connectivity index (χ2v) is 4.63. The average molecular weight is 320 g/mol. The van der Waals surface area contributed by atoms with E-state index in [4.69, 9.17) is 0 Å². The number of halogens is 2. The molecule has 0 saturated heterocycles. The summed E-state index contributed by atoms with van der Waals surface area (Å²) >= 11 is 6.54. The van der Waals surface area contributed by atoms with Gasteiger partial charge in [0.15, 0.2) is 11.6 Å². The van der Waals surface area contributed by atoms with Gasteiger partial charge in [-0.3, -0.25) is 9.59 Å². The van der Waals surface area contributed by atoms with Gasteiger partial charge in [0.25, 0.3) is 0 Å². The van der Waals surface area contributed by atoms with Gasteiger partial charge in [-0.2, -0.15) is 0 Å². The van der Waals surface area contributed by atoms with Gasteiger partial charge < -0.3 is 0 Å². The van der Waals surface area contributed by atoms with Crippen molar-refractivity contribution in [3.63, 3.8) is 0 Å². The first-order chi connectivity index (χ1) is 6.43. The molecule has 0 heterocycles. The summed E-state index contributed by atoms with van der Waals surface area (Å²) in [7, 11) is 0. The summed E-state index contributed by atoms with van der Waals surface area (Å²) in [6, 6.07) is 3.31. The van der Waals surface area contributed by atoms with Crippen LogP contribution in [0.3, 0.4) is 0 Å². The molecule has 0 amide bonds. The number of carbonyl (C=O) groups excluding carboxylic acids is 2. The van der Waals surface area contributed by atoms with Crippen LogP contribution in [0.4, 0.5) is 0 Å². The average Bonchev–Trinajstić information content (AvgIpc) is 2.02. The Morgan fingerprint density at radius 2 is 1.29 bits per heavy atom. The van der Waals surface area contributed by atoms with Gasteiger partial charge in [0.05, 0.1) is 0 Å². The number of carbonyl (C=O) groups is 2. The van der Waals surface area contributed by atoms with Crippen LogP contribution in [0.2, 0.25) is 0 Å². The van der Waals surface area contributed by atoms with Gasteiger partial charge in [0, 0.05) is 20.1 Å². The van der Waals surface area contributed by atoms with E-state index in [0.717, 1.165) is 0 Å². The first-order valence-electron chi connectivity index (χ1n) is 3.94. The fourth-order valence-electron chi connectivity index (χ4n) is 1.09. The zero-order valence-corrected chi connectivity index (χ0v) is 10.9. The van der Waals surface area contributed by atoms with Crippen molar-refractivity contribution in [2.75, 3.05) is 0 Å². The molecule has 0 radical (unpaired) electrons. The highest BCUT2D eigenvalue weighted by Gasteiger charge is 2.12. The molecule has 0 aliphatic heterocycles. The Morgan fingerprint density at radius 3 is 1.57 bits per heavy atom. The first kappa shape index (κ1) is 11.6. The zero-order chi connectivity index (χ0) is 10.9. The van der Waals surface area contributed by atoms with Crippen molar-refractivity contribution in [3.8, 4) is 0 Å². The predicted molar refractivity (Wildman–Crippen MR) is 61.9 cm³/mol. The molecule has 0 atom stereocenters. The lowest BCUT2D eigenvalue weighted by molar-refractivity contribution is 0.101. The minimum absolute atomic E-state index is 0.0631. The number of benzene rings is 1. The summed E-state index contributed by atoms with van der Waals surface area (Å²) in [5.41, 5.74) is 1.05. The van der Waals surface area contributed by atoms with E-state index >= 15 is 0 Å². The monoisotopic (exact) mass is 318 g/mol. The highest BCUT2D eigenvalue weighted by atomic mass is 79.9. The summed E-state index contributed by atoms with van der Waals surface area (Å²) in [4.78, 5) is 22.4. The number of Topliss-reactive ketones (excluding diaryl/α,β-unsaturated/α-hetero) is 2. The number of hydrogen-bond donors (Lipinski definition) is 0. The van der Waals surface area contributed by atoms with Gasteiger partial charge in [-0.15, -0.1) is 0 Å². The number of ketones is 2. The van der Waals surface area contributed by atoms with Crippen LogP contribution in [0.15, 0.2) is 21.1 Å². The van der Waals surface area contributed by atoms with Gasteiger partial charge in [0.2, 0.25) is 0 Å². The maximum Gasteiger partial charge on any atom is 0.160 e. The van der Waals surface area contributed by atoms with Gasteiger partial charge in [-0.05, 0) is 26.0 Å². The maximum absolute atomic E-state index is 11.2. The molecular formula is C10H8Br2O2. The Hall–Kier alpha value is -0.480. The summed E-state index contributed by atoms with van der Waals surface area (Å²) in [5.74, 6) is -0.126. The third-order valence-corrected chi connectivity index (χ3v) is 3.13. The molecule has 1 aromatic rings. The Kier molecular flexibility index (Phi) is 3.61. The highest BCUT2D eigenvalue weighted by Crippen LogP contribution is 2.26. The molecule has 0 N–H and O–H groups in total. The van der Waals surface area contributed by atoms with E-state index in [2.05, 4.69) is 31.9 Å². The van der Waals surface area contributed by atoms with Crippen molar-refractivity contribution >= 4 is 43.4 Å². The lowest BCUT2D eigenvalue weighted by Crippen LogP contribution is -2.00. The largest absolute Gasteiger partial charge is 0.294 e. The zero-order valence-electron chi connectivity index (χ0n) is 7.73. The van der Waals surface area contributed by atoms with E-state index in [9.17, 15) is 9.59 Å². The van der Waals surface area contributed by atoms with Crippen LogP contribution in [0.5, 0.6) is 0 Å². The fourth-order valence-corrected chi connectivity index (χ4v) is 2.64. The molecule has 0 aliphatic carbocycles. The second kappa shape index (κ2) is 4.36. The lowest BCUT2D eigenvalue weighted by atomic mass is 10.1. The molecule has 0 aromatic heterocycles. The molecule has 0 spiro atoms. The summed E-state index contributed by atoms with van der Waals surface area (Å²) < 4.78 is 1.39. The number of rotatable bonds is 2. The van der Waals surface area contributed by atoms with E-state index in [1.807, 2.05) is 0 Å². The molecule has 4 heteroatoms. The van der Waals surface area contributed by atoms with Crippen LogP contribution >= 0.6 is 31.9 Å². The van der Waals surface area contributed by atoms with E-state index in [0.29, 0.717) is 20.1 Å². The van der Waals surface area contributed by atoms with Crippen LogP contribution in [0.25, 0.3) is 0 Å². The van der Waals surface area contributed by atoms with E-state index < -0.39 is 0 Å². The Bertz CT molecular complexity index is 376. The topological polar surface area (TPSA) is 34.1 Å². The van der Waals surface area contributed by atoms with Crippen molar-refractivity contribution in [2.45, 2.75) is 13.8 Å². The standard InChI is InChI=1S/C10H8Br2O2/c1-5(13)7-3-8(6(2)14)10(12)4-9(7)11/h3-4H,1-2H3. The molecule has 1 aromatic carbocycles. The molecule has 0 aliphatic rings. The number of hydrogen-bond acceptors (Lipinski definition) is 2. The van der Waals surface area contributed by atoms with Crippen LogP contribution in [0, 0.1) is 0 Å². The Labute approximate surface area is 98.9 Å². The van der Waals surface area contributed by atoms with Gasteiger partial charge in [-0.1, -0.05) is 31.9 Å². The SMILES string of the molecule is CC(=O)c1cc(C(C)=O)c(Br)cc1Br. The molecule has 0 fully saturated rings. The van der Waals surface area contributed by atoms with E-state index in [1.54, 1.807) is 12.1 Å². The molecule has 14 heavy (non-hydrogen) atoms. The molecule has 0 bridgehead atoms. The van der Waals surface area contributed by atoms with Crippen LogP contribution in [0.1, 0.15) is 34.6 Å². The summed E-state index contributed by atoms with van der Waals surface area (Å²) in [6.45, 7) is 2.94.